The molecule has 0 radical (unpaired) electrons. The fraction of sp³-hybridized carbons (Fsp3) is 0.368. The lowest BCUT2D eigenvalue weighted by atomic mass is 10.1. The van der Waals surface area contributed by atoms with Crippen molar-refractivity contribution in [1.82, 2.24) is 9.55 Å². The molecule has 4 heteroatoms. The van der Waals surface area contributed by atoms with E-state index in [-0.39, 0.29) is 5.56 Å². The number of rotatable bonds is 5. The van der Waals surface area contributed by atoms with Crippen LogP contribution < -0.4 is 10.9 Å². The Balaban J connectivity index is 2.10. The van der Waals surface area contributed by atoms with Crippen LogP contribution in [0.2, 0.25) is 0 Å². The van der Waals surface area contributed by atoms with Crippen molar-refractivity contribution < 1.29 is 0 Å². The molecule has 0 atom stereocenters. The van der Waals surface area contributed by atoms with Gasteiger partial charge in [-0.15, -0.1) is 0 Å². The Labute approximate surface area is 136 Å². The lowest BCUT2D eigenvalue weighted by molar-refractivity contribution is 0.744. The Morgan fingerprint density at radius 2 is 1.96 bits per heavy atom. The monoisotopic (exact) mass is 309 g/mol. The van der Waals surface area contributed by atoms with Gasteiger partial charge >= 0.3 is 0 Å². The Morgan fingerprint density at radius 1 is 1.13 bits per heavy atom. The van der Waals surface area contributed by atoms with Crippen molar-refractivity contribution in [2.45, 2.75) is 33.1 Å². The zero-order valence-corrected chi connectivity index (χ0v) is 14.0. The number of aryl methyl sites for hydroxylation is 2. The summed E-state index contributed by atoms with van der Waals surface area (Å²) >= 11 is 0. The van der Waals surface area contributed by atoms with Crippen molar-refractivity contribution in [1.29, 1.82) is 0 Å². The molecule has 3 aromatic rings. The molecule has 2 heterocycles. The standard InChI is InChI=1S/C19H23N3O/c1-4-5-6-9-20-14-7-8-15-16-10-13(2)21-12-18(16)22(3)19(23)17(15)11-14/h7-8,10-12,20H,4-6,9H2,1-3H3. The number of fused-ring (bicyclic) bond motifs is 3. The average molecular weight is 309 g/mol. The Morgan fingerprint density at radius 3 is 2.74 bits per heavy atom. The quantitative estimate of drug-likeness (QED) is 0.572. The lowest BCUT2D eigenvalue weighted by Gasteiger charge is -2.11. The third kappa shape index (κ3) is 2.93. The summed E-state index contributed by atoms with van der Waals surface area (Å²) in [4.78, 5) is 17.0. The van der Waals surface area contributed by atoms with E-state index in [0.29, 0.717) is 0 Å². The van der Waals surface area contributed by atoms with E-state index in [0.717, 1.165) is 46.0 Å². The van der Waals surface area contributed by atoms with E-state index >= 15 is 0 Å². The molecule has 0 unspecified atom stereocenters. The van der Waals surface area contributed by atoms with Gasteiger partial charge in [-0.25, -0.2) is 0 Å². The van der Waals surface area contributed by atoms with Gasteiger partial charge in [0, 0.05) is 35.7 Å². The van der Waals surface area contributed by atoms with E-state index in [1.165, 1.54) is 12.8 Å². The van der Waals surface area contributed by atoms with E-state index in [1.807, 2.05) is 32.2 Å². The predicted octanol–water partition coefficient (Wildman–Crippen LogP) is 4.00. The molecular weight excluding hydrogens is 286 g/mol. The summed E-state index contributed by atoms with van der Waals surface area (Å²) in [5.74, 6) is 0. The Bertz CT molecular complexity index is 912. The van der Waals surface area contributed by atoms with E-state index in [1.54, 1.807) is 10.8 Å². The van der Waals surface area contributed by atoms with Gasteiger partial charge in [0.25, 0.3) is 5.56 Å². The van der Waals surface area contributed by atoms with Crippen LogP contribution in [0, 0.1) is 6.92 Å². The highest BCUT2D eigenvalue weighted by atomic mass is 16.1. The number of aromatic nitrogens is 2. The molecule has 0 saturated carbocycles. The number of nitrogens with one attached hydrogen (secondary N) is 1. The van der Waals surface area contributed by atoms with Gasteiger partial charge in [-0.05, 0) is 36.9 Å². The molecule has 0 spiro atoms. The van der Waals surface area contributed by atoms with Crippen LogP contribution in [0.3, 0.4) is 0 Å². The minimum absolute atomic E-state index is 0.0235. The number of unbranched alkanes of at least 4 members (excludes halogenated alkanes) is 2. The zero-order chi connectivity index (χ0) is 16.4. The molecule has 0 aliphatic carbocycles. The summed E-state index contributed by atoms with van der Waals surface area (Å²) in [6.45, 7) is 5.11. The van der Waals surface area contributed by atoms with Crippen LogP contribution in [0.15, 0.2) is 35.3 Å². The highest BCUT2D eigenvalue weighted by molar-refractivity contribution is 6.06. The fourth-order valence-corrected chi connectivity index (χ4v) is 3.00. The smallest absolute Gasteiger partial charge is 0.258 e. The first-order chi connectivity index (χ1) is 11.1. The van der Waals surface area contributed by atoms with Crippen molar-refractivity contribution in [3.05, 3.63) is 46.5 Å². The van der Waals surface area contributed by atoms with Gasteiger partial charge in [0.2, 0.25) is 0 Å². The molecule has 0 aliphatic rings. The first-order valence-corrected chi connectivity index (χ1v) is 8.25. The maximum atomic E-state index is 12.7. The molecule has 0 saturated heterocycles. The Hall–Kier alpha value is -2.36. The van der Waals surface area contributed by atoms with Crippen LogP contribution in [-0.2, 0) is 7.05 Å². The minimum Gasteiger partial charge on any atom is -0.385 e. The number of nitrogens with zero attached hydrogens (tertiary/aromatic N) is 2. The maximum absolute atomic E-state index is 12.7. The third-order valence-electron chi connectivity index (χ3n) is 4.34. The predicted molar refractivity (Wildman–Crippen MR) is 97.2 cm³/mol. The van der Waals surface area contributed by atoms with Gasteiger partial charge in [-0.2, -0.15) is 0 Å². The summed E-state index contributed by atoms with van der Waals surface area (Å²) in [7, 11) is 1.81. The van der Waals surface area contributed by atoms with Crippen molar-refractivity contribution in [2.75, 3.05) is 11.9 Å². The van der Waals surface area contributed by atoms with Gasteiger partial charge in [-0.1, -0.05) is 25.8 Å². The van der Waals surface area contributed by atoms with Crippen LogP contribution >= 0.6 is 0 Å². The molecular formula is C19H23N3O. The molecule has 1 aromatic carbocycles. The number of hydrogen-bond acceptors (Lipinski definition) is 3. The van der Waals surface area contributed by atoms with Crippen molar-refractivity contribution in [3.63, 3.8) is 0 Å². The highest BCUT2D eigenvalue weighted by Crippen LogP contribution is 2.25. The van der Waals surface area contributed by atoms with E-state index in [4.69, 9.17) is 0 Å². The van der Waals surface area contributed by atoms with Gasteiger partial charge in [0.1, 0.15) is 0 Å². The van der Waals surface area contributed by atoms with Gasteiger partial charge < -0.3 is 9.88 Å². The Kier molecular flexibility index (Phi) is 4.33. The molecule has 3 rings (SSSR count). The second kappa shape index (κ2) is 6.41. The molecule has 0 fully saturated rings. The molecule has 0 aliphatic heterocycles. The third-order valence-corrected chi connectivity index (χ3v) is 4.34. The highest BCUT2D eigenvalue weighted by Gasteiger charge is 2.09. The van der Waals surface area contributed by atoms with Crippen LogP contribution in [-0.4, -0.2) is 16.1 Å². The van der Waals surface area contributed by atoms with Crippen LogP contribution in [0.5, 0.6) is 0 Å². The first kappa shape index (κ1) is 15.5. The molecule has 0 amide bonds. The van der Waals surface area contributed by atoms with Gasteiger partial charge in [-0.3, -0.25) is 9.78 Å². The second-order valence-electron chi connectivity index (χ2n) is 6.10. The average Bonchev–Trinajstić information content (AvgIpc) is 2.56. The van der Waals surface area contributed by atoms with E-state index < -0.39 is 0 Å². The van der Waals surface area contributed by atoms with Crippen LogP contribution in [0.1, 0.15) is 31.9 Å². The SMILES string of the molecule is CCCCCNc1ccc2c(c1)c(=O)n(C)c1cnc(C)cc21. The topological polar surface area (TPSA) is 46.9 Å². The number of anilines is 1. The molecule has 0 bridgehead atoms. The van der Waals surface area contributed by atoms with Gasteiger partial charge in [0.05, 0.1) is 11.7 Å². The molecule has 1 N–H and O–H groups in total. The number of benzene rings is 1. The van der Waals surface area contributed by atoms with E-state index in [9.17, 15) is 4.79 Å². The molecule has 4 nitrogen and oxygen atoms in total. The van der Waals surface area contributed by atoms with Crippen LogP contribution in [0.4, 0.5) is 5.69 Å². The van der Waals surface area contributed by atoms with Crippen molar-refractivity contribution in [2.24, 2.45) is 7.05 Å². The summed E-state index contributed by atoms with van der Waals surface area (Å²) in [6.07, 6.45) is 5.36. The molecule has 120 valence electrons. The second-order valence-corrected chi connectivity index (χ2v) is 6.10. The number of hydrogen-bond donors (Lipinski definition) is 1. The maximum Gasteiger partial charge on any atom is 0.258 e. The fourth-order valence-electron chi connectivity index (χ4n) is 3.00. The van der Waals surface area contributed by atoms with Crippen LogP contribution in [0.25, 0.3) is 21.7 Å². The minimum atomic E-state index is 0.0235. The summed E-state index contributed by atoms with van der Waals surface area (Å²) in [6, 6.07) is 8.12. The summed E-state index contributed by atoms with van der Waals surface area (Å²) < 4.78 is 1.69. The van der Waals surface area contributed by atoms with Gasteiger partial charge in [0.15, 0.2) is 0 Å². The molecule has 2 aromatic heterocycles. The molecule has 23 heavy (non-hydrogen) atoms. The normalized spacial score (nSPS) is 11.3. The largest absolute Gasteiger partial charge is 0.385 e. The van der Waals surface area contributed by atoms with Crippen molar-refractivity contribution >= 4 is 27.4 Å². The van der Waals surface area contributed by atoms with Crippen molar-refractivity contribution in [3.8, 4) is 0 Å². The zero-order valence-electron chi connectivity index (χ0n) is 14.0. The first-order valence-electron chi connectivity index (χ1n) is 8.25. The lowest BCUT2D eigenvalue weighted by Crippen LogP contribution is -2.17. The summed E-state index contributed by atoms with van der Waals surface area (Å²) in [5, 5.41) is 6.24. The van der Waals surface area contributed by atoms with E-state index in [2.05, 4.69) is 23.3 Å². The number of pyridine rings is 2. The summed E-state index contributed by atoms with van der Waals surface area (Å²) in [5.41, 5.74) is 2.86.